The Bertz CT molecular complexity index is 1670. The van der Waals surface area contributed by atoms with Gasteiger partial charge >= 0.3 is 0 Å². The summed E-state index contributed by atoms with van der Waals surface area (Å²) >= 11 is 3.70. The molecule has 2 aromatic heterocycles. The summed E-state index contributed by atoms with van der Waals surface area (Å²) in [5.74, 6) is 0. The van der Waals surface area contributed by atoms with Gasteiger partial charge in [0.25, 0.3) is 0 Å². The monoisotopic (exact) mass is 556 g/mol. The van der Waals surface area contributed by atoms with Crippen LogP contribution in [0.5, 0.6) is 0 Å². The van der Waals surface area contributed by atoms with Gasteiger partial charge in [-0.1, -0.05) is 111 Å². The van der Waals surface area contributed by atoms with Crippen molar-refractivity contribution >= 4 is 72.7 Å². The predicted molar refractivity (Wildman–Crippen MR) is 172 cm³/mol. The zero-order valence-electron chi connectivity index (χ0n) is 22.0. The minimum Gasteiger partial charge on any atom is -0.237 e. The van der Waals surface area contributed by atoms with Crippen molar-refractivity contribution in [1.29, 1.82) is 0 Å². The van der Waals surface area contributed by atoms with Crippen LogP contribution in [0.25, 0.3) is 42.0 Å². The number of thiazole rings is 2. The van der Waals surface area contributed by atoms with E-state index >= 15 is 0 Å². The first-order valence-corrected chi connectivity index (χ1v) is 17.6. The van der Waals surface area contributed by atoms with Gasteiger partial charge in [-0.25, -0.2) is 9.97 Å². The Kier molecular flexibility index (Phi) is 6.15. The highest BCUT2D eigenvalue weighted by molar-refractivity contribution is 7.27. The van der Waals surface area contributed by atoms with Gasteiger partial charge in [-0.05, 0) is 56.9 Å². The molecule has 0 saturated carbocycles. The molecule has 0 unspecified atom stereocenters. The number of hydrogen-bond acceptors (Lipinski definition) is 4. The lowest BCUT2D eigenvalue weighted by atomic mass is 9.91. The van der Waals surface area contributed by atoms with Crippen molar-refractivity contribution in [3.8, 4) is 0 Å². The standard InChI is InChI=1S/C34H28N2S2Si/c1-3-39(4-2)31(33-35-25-19-11-13-21-27(25)37-33)29(23-15-7-5-8-16-23)30(24-17-9-6-10-18-24)32(39)34-36-26-20-12-14-22-28(26)38-34/h5-22H,3-4H2,1-2H3. The number of aromatic nitrogens is 2. The number of nitrogens with zero attached hydrogens (tertiary/aromatic N) is 2. The highest BCUT2D eigenvalue weighted by Crippen LogP contribution is 2.59. The fraction of sp³-hybridized carbons (Fsp3) is 0.118. The molecule has 0 spiro atoms. The lowest BCUT2D eigenvalue weighted by molar-refractivity contribution is 1.29. The summed E-state index contributed by atoms with van der Waals surface area (Å²) in [4.78, 5) is 10.6. The Morgan fingerprint density at radius 2 is 0.897 bits per heavy atom. The molecule has 5 heteroatoms. The van der Waals surface area contributed by atoms with Crippen molar-refractivity contribution < 1.29 is 0 Å². The van der Waals surface area contributed by atoms with Gasteiger partial charge in [0, 0.05) is 0 Å². The van der Waals surface area contributed by atoms with E-state index < -0.39 is 8.07 Å². The zero-order valence-corrected chi connectivity index (χ0v) is 24.7. The topological polar surface area (TPSA) is 25.8 Å². The Hall–Kier alpha value is -3.64. The van der Waals surface area contributed by atoms with E-state index in [0.29, 0.717) is 0 Å². The minimum absolute atomic E-state index is 1.09. The molecule has 3 heterocycles. The maximum atomic E-state index is 5.31. The first kappa shape index (κ1) is 24.4. The van der Waals surface area contributed by atoms with Crippen LogP contribution in [0.1, 0.15) is 35.0 Å². The maximum absolute atomic E-state index is 5.31. The van der Waals surface area contributed by atoms with Crippen molar-refractivity contribution in [3.63, 3.8) is 0 Å². The molecule has 0 N–H and O–H groups in total. The third kappa shape index (κ3) is 3.87. The van der Waals surface area contributed by atoms with Crippen molar-refractivity contribution in [2.45, 2.75) is 25.9 Å². The molecule has 0 fully saturated rings. The molecular formula is C34H28N2S2Si. The fourth-order valence-corrected chi connectivity index (χ4v) is 14.1. The van der Waals surface area contributed by atoms with Gasteiger partial charge in [0.1, 0.15) is 18.1 Å². The van der Waals surface area contributed by atoms with Gasteiger partial charge in [0.15, 0.2) is 0 Å². The predicted octanol–water partition coefficient (Wildman–Crippen LogP) is 10.0. The van der Waals surface area contributed by atoms with Crippen molar-refractivity contribution in [3.05, 3.63) is 130 Å². The molecular weight excluding hydrogens is 529 g/mol. The second kappa shape index (κ2) is 9.83. The van der Waals surface area contributed by atoms with Crippen LogP contribution in [-0.2, 0) is 0 Å². The van der Waals surface area contributed by atoms with Gasteiger partial charge in [0.2, 0.25) is 0 Å². The molecule has 2 nitrogen and oxygen atoms in total. The highest BCUT2D eigenvalue weighted by atomic mass is 32.1. The molecule has 1 aliphatic heterocycles. The van der Waals surface area contributed by atoms with E-state index in [9.17, 15) is 0 Å². The molecule has 0 bridgehead atoms. The van der Waals surface area contributed by atoms with Crippen LogP contribution in [0.2, 0.25) is 12.1 Å². The summed E-state index contributed by atoms with van der Waals surface area (Å²) in [5, 5.41) is 5.31. The van der Waals surface area contributed by atoms with Crippen molar-refractivity contribution in [2.75, 3.05) is 0 Å². The minimum atomic E-state index is -2.28. The number of fused-ring (bicyclic) bond motifs is 2. The highest BCUT2D eigenvalue weighted by Gasteiger charge is 2.50. The molecule has 7 rings (SSSR count). The first-order valence-electron chi connectivity index (χ1n) is 13.6. The van der Waals surface area contributed by atoms with E-state index in [4.69, 9.17) is 9.97 Å². The lowest BCUT2D eigenvalue weighted by Crippen LogP contribution is -2.35. The molecule has 0 amide bonds. The van der Waals surface area contributed by atoms with Crippen LogP contribution in [0, 0.1) is 0 Å². The number of allylic oxidation sites excluding steroid dienone is 2. The molecule has 39 heavy (non-hydrogen) atoms. The molecule has 4 aromatic carbocycles. The van der Waals surface area contributed by atoms with Crippen LogP contribution in [0.3, 0.4) is 0 Å². The lowest BCUT2D eigenvalue weighted by Gasteiger charge is -2.30. The third-order valence-corrected chi connectivity index (χ3v) is 15.8. The van der Waals surface area contributed by atoms with Crippen LogP contribution >= 0.6 is 22.7 Å². The van der Waals surface area contributed by atoms with E-state index in [0.717, 1.165) is 23.1 Å². The Morgan fingerprint density at radius 1 is 0.513 bits per heavy atom. The quantitative estimate of drug-likeness (QED) is 0.191. The summed E-state index contributed by atoms with van der Waals surface area (Å²) in [6.07, 6.45) is 0. The smallest absolute Gasteiger partial charge is 0.127 e. The first-order chi connectivity index (χ1) is 19.2. The summed E-state index contributed by atoms with van der Waals surface area (Å²) < 4.78 is 2.49. The number of benzene rings is 4. The SMILES string of the molecule is CC[Si]1(CC)C(c2nc3ccccc3s2)=C(c2ccccc2)C(c2ccccc2)=C1c1nc2ccccc2s1. The number of rotatable bonds is 6. The van der Waals surface area contributed by atoms with Gasteiger partial charge in [-0.2, -0.15) is 0 Å². The average molecular weight is 557 g/mol. The summed E-state index contributed by atoms with van der Waals surface area (Å²) in [7, 11) is -2.28. The Balaban J connectivity index is 1.64. The Morgan fingerprint density at radius 3 is 1.28 bits per heavy atom. The van der Waals surface area contributed by atoms with E-state index in [1.54, 1.807) is 0 Å². The van der Waals surface area contributed by atoms with Crippen LogP contribution in [0.4, 0.5) is 0 Å². The van der Waals surface area contributed by atoms with Gasteiger partial charge in [0.05, 0.1) is 20.4 Å². The van der Waals surface area contributed by atoms with Gasteiger partial charge in [-0.15, -0.1) is 22.7 Å². The summed E-state index contributed by atoms with van der Waals surface area (Å²) in [6, 6.07) is 41.3. The largest absolute Gasteiger partial charge is 0.237 e. The second-order valence-corrected chi connectivity index (χ2v) is 16.6. The van der Waals surface area contributed by atoms with Crippen LogP contribution < -0.4 is 0 Å². The van der Waals surface area contributed by atoms with Gasteiger partial charge < -0.3 is 0 Å². The molecule has 190 valence electrons. The van der Waals surface area contributed by atoms with E-state index in [1.165, 1.54) is 52.1 Å². The average Bonchev–Trinajstić information content (AvgIpc) is 3.69. The molecule has 1 aliphatic rings. The molecule has 0 aliphatic carbocycles. The summed E-state index contributed by atoms with van der Waals surface area (Å²) in [5.41, 5.74) is 7.40. The van der Waals surface area contributed by atoms with E-state index in [-0.39, 0.29) is 0 Å². The normalized spacial score (nSPS) is 15.1. The molecule has 6 aromatic rings. The zero-order chi connectivity index (χ0) is 26.4. The van der Waals surface area contributed by atoms with Crippen molar-refractivity contribution in [1.82, 2.24) is 9.97 Å². The van der Waals surface area contributed by atoms with E-state index in [1.807, 2.05) is 22.7 Å². The molecule has 0 atom stereocenters. The fourth-order valence-electron chi connectivity index (χ4n) is 6.18. The maximum Gasteiger partial charge on any atom is 0.127 e. The molecule has 0 radical (unpaired) electrons. The van der Waals surface area contributed by atoms with Crippen molar-refractivity contribution in [2.24, 2.45) is 0 Å². The Labute approximate surface area is 238 Å². The van der Waals surface area contributed by atoms with Crippen LogP contribution in [-0.4, -0.2) is 18.0 Å². The third-order valence-electron chi connectivity index (χ3n) is 8.05. The number of para-hydroxylation sites is 2. The van der Waals surface area contributed by atoms with Gasteiger partial charge in [-0.3, -0.25) is 0 Å². The number of hydrogen-bond donors (Lipinski definition) is 0. The second-order valence-electron chi connectivity index (χ2n) is 9.99. The molecule has 0 saturated heterocycles. The summed E-state index contributed by atoms with van der Waals surface area (Å²) in [6.45, 7) is 4.79. The van der Waals surface area contributed by atoms with E-state index in [2.05, 4.69) is 123 Å². The van der Waals surface area contributed by atoms with Crippen LogP contribution in [0.15, 0.2) is 109 Å².